The van der Waals surface area contributed by atoms with Gasteiger partial charge in [0.15, 0.2) is 17.7 Å². The van der Waals surface area contributed by atoms with Crippen molar-refractivity contribution < 1.29 is 28.6 Å². The third-order valence-corrected chi connectivity index (χ3v) is 3.89. The maximum absolute atomic E-state index is 14.2. The van der Waals surface area contributed by atoms with Gasteiger partial charge >= 0.3 is 5.97 Å². The predicted octanol–water partition coefficient (Wildman–Crippen LogP) is 2.34. The van der Waals surface area contributed by atoms with Gasteiger partial charge in [-0.15, -0.1) is 0 Å². The molecule has 1 N–H and O–H groups in total. The fourth-order valence-corrected chi connectivity index (χ4v) is 2.51. The number of pyridine rings is 1. The van der Waals surface area contributed by atoms with E-state index in [0.29, 0.717) is 17.9 Å². The summed E-state index contributed by atoms with van der Waals surface area (Å²) in [6.07, 6.45) is 4.77. The molecule has 8 heteroatoms. The molecule has 7 nitrogen and oxygen atoms in total. The predicted molar refractivity (Wildman–Crippen MR) is 93.7 cm³/mol. The molecular weight excluding hydrogens is 355 g/mol. The van der Waals surface area contributed by atoms with Crippen molar-refractivity contribution in [2.24, 2.45) is 0 Å². The van der Waals surface area contributed by atoms with Crippen molar-refractivity contribution in [2.75, 3.05) is 19.7 Å². The minimum atomic E-state index is -1.11. The van der Waals surface area contributed by atoms with Gasteiger partial charge in [-0.05, 0) is 35.9 Å². The maximum Gasteiger partial charge on any atom is 0.334 e. The molecular formula is C19H17FN2O5. The van der Waals surface area contributed by atoms with Crippen molar-refractivity contribution in [3.05, 3.63) is 60.2 Å². The van der Waals surface area contributed by atoms with Crippen LogP contribution in [0.15, 0.2) is 48.8 Å². The number of carboxylic acids is 1. The Bertz CT molecular complexity index is 856. The van der Waals surface area contributed by atoms with Crippen molar-refractivity contribution in [3.63, 3.8) is 0 Å². The Kier molecular flexibility index (Phi) is 5.77. The third kappa shape index (κ3) is 4.89. The number of carboxylic acid groups (broad SMARTS) is 1. The van der Waals surface area contributed by atoms with E-state index in [-0.39, 0.29) is 24.8 Å². The highest BCUT2D eigenvalue weighted by molar-refractivity contribution is 5.92. The molecule has 0 spiro atoms. The third-order valence-electron chi connectivity index (χ3n) is 3.89. The van der Waals surface area contributed by atoms with Gasteiger partial charge in [0.1, 0.15) is 5.75 Å². The lowest BCUT2D eigenvalue weighted by Crippen LogP contribution is -2.48. The summed E-state index contributed by atoms with van der Waals surface area (Å²) in [5.74, 6) is -1.59. The minimum Gasteiger partial charge on any atom is -0.479 e. The molecule has 1 aromatic carbocycles. The Morgan fingerprint density at radius 2 is 2.22 bits per heavy atom. The monoisotopic (exact) mass is 372 g/mol. The Labute approximate surface area is 154 Å². The second-order valence-corrected chi connectivity index (χ2v) is 5.80. The fourth-order valence-electron chi connectivity index (χ4n) is 2.51. The summed E-state index contributed by atoms with van der Waals surface area (Å²) in [5.41, 5.74) is 0.474. The van der Waals surface area contributed by atoms with Gasteiger partial charge in [0.2, 0.25) is 5.91 Å². The van der Waals surface area contributed by atoms with Crippen molar-refractivity contribution in [3.8, 4) is 11.5 Å². The highest BCUT2D eigenvalue weighted by atomic mass is 19.1. The summed E-state index contributed by atoms with van der Waals surface area (Å²) in [7, 11) is 0. The molecule has 1 aliphatic rings. The van der Waals surface area contributed by atoms with Gasteiger partial charge < -0.3 is 19.5 Å². The first-order valence-electron chi connectivity index (χ1n) is 8.22. The zero-order valence-electron chi connectivity index (χ0n) is 14.2. The van der Waals surface area contributed by atoms with Crippen molar-refractivity contribution >= 4 is 18.0 Å². The lowest BCUT2D eigenvalue weighted by molar-refractivity contribution is -0.158. The van der Waals surface area contributed by atoms with E-state index in [1.807, 2.05) is 0 Å². The molecule has 27 heavy (non-hydrogen) atoms. The van der Waals surface area contributed by atoms with Crippen LogP contribution in [-0.4, -0.2) is 52.7 Å². The molecule has 3 rings (SSSR count). The fraction of sp³-hybridized carbons (Fsp3) is 0.211. The Balaban J connectivity index is 1.64. The summed E-state index contributed by atoms with van der Waals surface area (Å²) < 4.78 is 24.7. The standard InChI is InChI=1S/C19H17FN2O5/c20-15-10-13(3-5-16(15)27-14-2-1-7-21-11-14)4-6-18(23)22-8-9-26-17(12-22)19(24)25/h1-7,10-11,17H,8-9,12H2,(H,24,25). The van der Waals surface area contributed by atoms with Crippen LogP contribution in [0, 0.1) is 5.82 Å². The molecule has 1 amide bonds. The number of hydrogen-bond acceptors (Lipinski definition) is 5. The summed E-state index contributed by atoms with van der Waals surface area (Å²) in [6, 6.07) is 7.65. The molecule has 0 saturated carbocycles. The SMILES string of the molecule is O=C(O)C1CN(C(=O)C=Cc2ccc(Oc3cccnc3)c(F)c2)CCO1. The number of halogens is 1. The van der Waals surface area contributed by atoms with Gasteiger partial charge in [-0.25, -0.2) is 9.18 Å². The molecule has 1 fully saturated rings. The number of amides is 1. The van der Waals surface area contributed by atoms with Gasteiger partial charge in [-0.2, -0.15) is 0 Å². The number of hydrogen-bond donors (Lipinski definition) is 1. The first kappa shape index (κ1) is 18.5. The first-order valence-corrected chi connectivity index (χ1v) is 8.22. The summed E-state index contributed by atoms with van der Waals surface area (Å²) >= 11 is 0. The van der Waals surface area contributed by atoms with Crippen LogP contribution in [0.2, 0.25) is 0 Å². The Morgan fingerprint density at radius 1 is 1.37 bits per heavy atom. The lowest BCUT2D eigenvalue weighted by Gasteiger charge is -2.30. The molecule has 2 aromatic rings. The molecule has 1 atom stereocenters. The van der Waals surface area contributed by atoms with Crippen LogP contribution >= 0.6 is 0 Å². The van der Waals surface area contributed by atoms with Crippen LogP contribution in [0.5, 0.6) is 11.5 Å². The number of carbonyl (C=O) groups is 2. The van der Waals surface area contributed by atoms with Crippen molar-refractivity contribution in [2.45, 2.75) is 6.10 Å². The topological polar surface area (TPSA) is 89.0 Å². The van der Waals surface area contributed by atoms with E-state index in [0.717, 1.165) is 0 Å². The summed E-state index contributed by atoms with van der Waals surface area (Å²) in [4.78, 5) is 28.4. The number of aliphatic carboxylic acids is 1. The number of carbonyl (C=O) groups excluding carboxylic acids is 1. The first-order chi connectivity index (χ1) is 13.0. The van der Waals surface area contributed by atoms with Crippen molar-refractivity contribution in [1.29, 1.82) is 0 Å². The molecule has 1 saturated heterocycles. The van der Waals surface area contributed by atoms with E-state index in [1.165, 1.54) is 35.4 Å². The van der Waals surface area contributed by atoms with Crippen molar-refractivity contribution in [1.82, 2.24) is 9.88 Å². The molecule has 0 bridgehead atoms. The largest absolute Gasteiger partial charge is 0.479 e. The lowest BCUT2D eigenvalue weighted by atomic mass is 10.2. The second-order valence-electron chi connectivity index (χ2n) is 5.80. The average Bonchev–Trinajstić information content (AvgIpc) is 2.69. The van der Waals surface area contributed by atoms with Gasteiger partial charge in [-0.3, -0.25) is 9.78 Å². The number of benzene rings is 1. The van der Waals surface area contributed by atoms with E-state index in [2.05, 4.69) is 4.98 Å². The van der Waals surface area contributed by atoms with Crippen LogP contribution in [0.3, 0.4) is 0 Å². The van der Waals surface area contributed by atoms with E-state index >= 15 is 0 Å². The molecule has 140 valence electrons. The van der Waals surface area contributed by atoms with E-state index in [4.69, 9.17) is 14.6 Å². The molecule has 1 aromatic heterocycles. The summed E-state index contributed by atoms with van der Waals surface area (Å²) in [6.45, 7) is 0.440. The quantitative estimate of drug-likeness (QED) is 0.811. The van der Waals surface area contributed by atoms with Gasteiger partial charge in [-0.1, -0.05) is 6.07 Å². The minimum absolute atomic E-state index is 0.0231. The van der Waals surface area contributed by atoms with Crippen LogP contribution in [-0.2, 0) is 14.3 Å². The van der Waals surface area contributed by atoms with Crippen LogP contribution in [0.25, 0.3) is 6.08 Å². The zero-order valence-corrected chi connectivity index (χ0v) is 14.2. The molecule has 0 radical (unpaired) electrons. The highest BCUT2D eigenvalue weighted by Gasteiger charge is 2.27. The number of aromatic nitrogens is 1. The van der Waals surface area contributed by atoms with E-state index < -0.39 is 17.9 Å². The van der Waals surface area contributed by atoms with E-state index in [9.17, 15) is 14.0 Å². The number of morpholine rings is 1. The number of nitrogens with zero attached hydrogens (tertiary/aromatic N) is 2. The maximum atomic E-state index is 14.2. The van der Waals surface area contributed by atoms with Gasteiger partial charge in [0.05, 0.1) is 19.3 Å². The van der Waals surface area contributed by atoms with Crippen LogP contribution in [0.4, 0.5) is 4.39 Å². The zero-order chi connectivity index (χ0) is 19.2. The van der Waals surface area contributed by atoms with Crippen LogP contribution < -0.4 is 4.74 Å². The van der Waals surface area contributed by atoms with E-state index in [1.54, 1.807) is 24.4 Å². The molecule has 2 heterocycles. The molecule has 1 aliphatic heterocycles. The van der Waals surface area contributed by atoms with Crippen LogP contribution in [0.1, 0.15) is 5.56 Å². The normalized spacial score (nSPS) is 17.1. The molecule has 1 unspecified atom stereocenters. The van der Waals surface area contributed by atoms with Gasteiger partial charge in [0.25, 0.3) is 0 Å². The second kappa shape index (κ2) is 8.41. The summed E-state index contributed by atoms with van der Waals surface area (Å²) in [5, 5.41) is 8.97. The number of ether oxygens (including phenoxy) is 2. The Hall–Kier alpha value is -3.26. The molecule has 0 aliphatic carbocycles. The smallest absolute Gasteiger partial charge is 0.334 e. The number of rotatable bonds is 5. The average molecular weight is 372 g/mol. The highest BCUT2D eigenvalue weighted by Crippen LogP contribution is 2.24. The van der Waals surface area contributed by atoms with Gasteiger partial charge in [0, 0.05) is 18.8 Å². The Morgan fingerprint density at radius 3 is 2.93 bits per heavy atom.